The molecule has 0 saturated heterocycles. The van der Waals surface area contributed by atoms with E-state index in [1.165, 1.54) is 23.9 Å². The van der Waals surface area contributed by atoms with Crippen LogP contribution in [0.5, 0.6) is 5.75 Å². The molecule has 0 radical (unpaired) electrons. The number of benzene rings is 2. The van der Waals surface area contributed by atoms with Gasteiger partial charge in [0, 0.05) is 11.6 Å². The quantitative estimate of drug-likeness (QED) is 0.384. The topological polar surface area (TPSA) is 89.6 Å². The minimum atomic E-state index is -0.498. The molecular weight excluding hydrogens is 344 g/mol. The third kappa shape index (κ3) is 5.12. The molecule has 0 fully saturated rings. The van der Waals surface area contributed by atoms with Crippen LogP contribution in [-0.4, -0.2) is 16.1 Å². The highest BCUT2D eigenvalue weighted by Gasteiger charge is 2.05. The first-order valence-corrected chi connectivity index (χ1v) is 8.29. The highest BCUT2D eigenvalue weighted by molar-refractivity contribution is 5.83. The van der Waals surface area contributed by atoms with Crippen molar-refractivity contribution < 1.29 is 9.66 Å². The lowest BCUT2D eigenvalue weighted by Gasteiger charge is -2.09. The number of rotatable bonds is 7. The number of nitrogens with one attached hydrogen (secondary N) is 1. The molecule has 3 aromatic rings. The van der Waals surface area contributed by atoms with Gasteiger partial charge >= 0.3 is 0 Å². The van der Waals surface area contributed by atoms with Crippen molar-refractivity contribution in [1.29, 1.82) is 0 Å². The molecular formula is C20H18N4O3. The molecule has 0 atom stereocenters. The van der Waals surface area contributed by atoms with E-state index in [-0.39, 0.29) is 5.69 Å². The molecule has 136 valence electrons. The van der Waals surface area contributed by atoms with Crippen LogP contribution in [0.15, 0.2) is 72.0 Å². The first kappa shape index (κ1) is 18.1. The summed E-state index contributed by atoms with van der Waals surface area (Å²) in [5.74, 6) is 1.12. The van der Waals surface area contributed by atoms with Crippen molar-refractivity contribution in [3.8, 4) is 5.75 Å². The number of nitrogens with zero attached hydrogens (tertiary/aromatic N) is 3. The smallest absolute Gasteiger partial charge is 0.287 e. The van der Waals surface area contributed by atoms with Gasteiger partial charge in [-0.05, 0) is 30.7 Å². The Morgan fingerprint density at radius 1 is 1.19 bits per heavy atom. The maximum atomic E-state index is 10.6. The standard InChI is InChI=1S/C20H18N4O3/c1-15-5-4-6-16(11-15)14-27-19-8-3-2-7-17(19)12-22-23-20-10-9-18(13-21-20)24(25)26/h2-13H,14H2,1H3,(H,21,23). The van der Waals surface area contributed by atoms with Crippen molar-refractivity contribution in [1.82, 2.24) is 4.98 Å². The Bertz CT molecular complexity index is 955. The second kappa shape index (κ2) is 8.57. The minimum absolute atomic E-state index is 0.0700. The van der Waals surface area contributed by atoms with Gasteiger partial charge in [0.15, 0.2) is 0 Å². The fraction of sp³-hybridized carbons (Fsp3) is 0.100. The fourth-order valence-corrected chi connectivity index (χ4v) is 2.41. The number of pyridine rings is 1. The average molecular weight is 362 g/mol. The van der Waals surface area contributed by atoms with Gasteiger partial charge in [0.1, 0.15) is 24.4 Å². The lowest BCUT2D eigenvalue weighted by Crippen LogP contribution is -1.99. The summed E-state index contributed by atoms with van der Waals surface area (Å²) in [6, 6.07) is 18.6. The number of aryl methyl sites for hydroxylation is 1. The molecule has 0 aliphatic rings. The minimum Gasteiger partial charge on any atom is -0.488 e. The van der Waals surface area contributed by atoms with E-state index in [1.807, 2.05) is 49.4 Å². The van der Waals surface area contributed by atoms with Crippen molar-refractivity contribution >= 4 is 17.7 Å². The summed E-state index contributed by atoms with van der Waals surface area (Å²) < 4.78 is 5.91. The van der Waals surface area contributed by atoms with E-state index < -0.39 is 4.92 Å². The third-order valence-corrected chi connectivity index (χ3v) is 3.74. The number of nitro groups is 1. The summed E-state index contributed by atoms with van der Waals surface area (Å²) in [5, 5.41) is 14.8. The van der Waals surface area contributed by atoms with E-state index in [0.717, 1.165) is 11.1 Å². The molecule has 2 aromatic carbocycles. The van der Waals surface area contributed by atoms with Crippen molar-refractivity contribution in [3.63, 3.8) is 0 Å². The summed E-state index contributed by atoms with van der Waals surface area (Å²) >= 11 is 0. The number of hydrogen-bond acceptors (Lipinski definition) is 6. The average Bonchev–Trinajstić information content (AvgIpc) is 2.68. The Morgan fingerprint density at radius 2 is 2.04 bits per heavy atom. The zero-order valence-electron chi connectivity index (χ0n) is 14.7. The van der Waals surface area contributed by atoms with Gasteiger partial charge in [-0.25, -0.2) is 4.98 Å². The first-order chi connectivity index (χ1) is 13.1. The van der Waals surface area contributed by atoms with Gasteiger partial charge in [0.25, 0.3) is 5.69 Å². The van der Waals surface area contributed by atoms with E-state index in [4.69, 9.17) is 4.74 Å². The van der Waals surface area contributed by atoms with Crippen LogP contribution in [0, 0.1) is 17.0 Å². The zero-order chi connectivity index (χ0) is 19.1. The van der Waals surface area contributed by atoms with Gasteiger partial charge in [-0.3, -0.25) is 15.5 Å². The summed E-state index contributed by atoms with van der Waals surface area (Å²) in [4.78, 5) is 14.1. The van der Waals surface area contributed by atoms with Crippen molar-refractivity contribution in [2.75, 3.05) is 5.43 Å². The first-order valence-electron chi connectivity index (χ1n) is 8.29. The number of hydrazone groups is 1. The van der Waals surface area contributed by atoms with Crippen LogP contribution >= 0.6 is 0 Å². The Morgan fingerprint density at radius 3 is 2.78 bits per heavy atom. The van der Waals surface area contributed by atoms with Gasteiger partial charge in [-0.2, -0.15) is 5.10 Å². The van der Waals surface area contributed by atoms with Crippen LogP contribution in [0.1, 0.15) is 16.7 Å². The Balaban J connectivity index is 1.64. The van der Waals surface area contributed by atoms with E-state index in [2.05, 4.69) is 21.6 Å². The van der Waals surface area contributed by atoms with Gasteiger partial charge in [-0.1, -0.05) is 42.0 Å². The molecule has 3 rings (SSSR count). The molecule has 0 amide bonds. The van der Waals surface area contributed by atoms with Gasteiger partial charge < -0.3 is 4.74 Å². The number of aromatic nitrogens is 1. The lowest BCUT2D eigenvalue weighted by molar-refractivity contribution is -0.385. The molecule has 7 heteroatoms. The van der Waals surface area contributed by atoms with Gasteiger partial charge in [-0.15, -0.1) is 0 Å². The number of para-hydroxylation sites is 1. The summed E-state index contributed by atoms with van der Waals surface area (Å²) in [6.45, 7) is 2.51. The SMILES string of the molecule is Cc1cccc(COc2ccccc2C=NNc2ccc([N+](=O)[O-])cn2)c1. The Labute approximate surface area is 156 Å². The molecule has 0 aliphatic heterocycles. The van der Waals surface area contributed by atoms with E-state index in [9.17, 15) is 10.1 Å². The maximum Gasteiger partial charge on any atom is 0.287 e. The normalized spacial score (nSPS) is 10.7. The third-order valence-electron chi connectivity index (χ3n) is 3.74. The molecule has 27 heavy (non-hydrogen) atoms. The Hall–Kier alpha value is -3.74. The summed E-state index contributed by atoms with van der Waals surface area (Å²) in [6.07, 6.45) is 2.80. The molecule has 0 aliphatic carbocycles. The summed E-state index contributed by atoms with van der Waals surface area (Å²) in [7, 11) is 0. The van der Waals surface area contributed by atoms with Gasteiger partial charge in [0.2, 0.25) is 0 Å². The van der Waals surface area contributed by atoms with Crippen molar-refractivity contribution in [2.24, 2.45) is 5.10 Å². The van der Waals surface area contributed by atoms with Crippen molar-refractivity contribution in [2.45, 2.75) is 13.5 Å². The predicted molar refractivity (Wildman–Crippen MR) is 104 cm³/mol. The molecule has 7 nitrogen and oxygen atoms in total. The molecule has 0 unspecified atom stereocenters. The molecule has 1 N–H and O–H groups in total. The second-order valence-electron chi connectivity index (χ2n) is 5.84. The largest absolute Gasteiger partial charge is 0.488 e. The van der Waals surface area contributed by atoms with Crippen molar-refractivity contribution in [3.05, 3.63) is 93.7 Å². The molecule has 0 spiro atoms. The van der Waals surface area contributed by atoms with Crippen LogP contribution in [-0.2, 0) is 6.61 Å². The Kier molecular flexibility index (Phi) is 5.73. The van der Waals surface area contributed by atoms with Crippen LogP contribution in [0.25, 0.3) is 0 Å². The predicted octanol–water partition coefficient (Wildman–Crippen LogP) is 4.32. The lowest BCUT2D eigenvalue weighted by atomic mass is 10.1. The van der Waals surface area contributed by atoms with E-state index in [1.54, 1.807) is 6.21 Å². The molecule has 0 bridgehead atoms. The van der Waals surface area contributed by atoms with E-state index in [0.29, 0.717) is 18.2 Å². The van der Waals surface area contributed by atoms with Crippen LogP contribution in [0.3, 0.4) is 0 Å². The number of hydrogen-bond donors (Lipinski definition) is 1. The zero-order valence-corrected chi connectivity index (χ0v) is 14.7. The number of ether oxygens (including phenoxy) is 1. The maximum absolute atomic E-state index is 10.6. The van der Waals surface area contributed by atoms with Gasteiger partial charge in [0.05, 0.1) is 11.1 Å². The highest BCUT2D eigenvalue weighted by Crippen LogP contribution is 2.18. The molecule has 1 heterocycles. The van der Waals surface area contributed by atoms with E-state index >= 15 is 0 Å². The molecule has 0 saturated carbocycles. The summed E-state index contributed by atoms with van der Waals surface area (Å²) in [5.41, 5.74) is 5.76. The van der Waals surface area contributed by atoms with Crippen LogP contribution in [0.4, 0.5) is 11.5 Å². The monoisotopic (exact) mass is 362 g/mol. The van der Waals surface area contributed by atoms with Crippen LogP contribution < -0.4 is 10.2 Å². The molecule has 1 aromatic heterocycles. The fourth-order valence-electron chi connectivity index (χ4n) is 2.41. The highest BCUT2D eigenvalue weighted by atomic mass is 16.6. The van der Waals surface area contributed by atoms with Crippen LogP contribution in [0.2, 0.25) is 0 Å². The number of anilines is 1. The second-order valence-corrected chi connectivity index (χ2v) is 5.84.